The van der Waals surface area contributed by atoms with E-state index in [4.69, 9.17) is 5.73 Å². The number of nitrogens with two attached hydrogens (primary N) is 1. The Bertz CT molecular complexity index is 344. The Morgan fingerprint density at radius 1 is 1.14 bits per heavy atom. The average molecular weight is 292 g/mol. The van der Waals surface area contributed by atoms with Gasteiger partial charge in [-0.1, -0.05) is 13.3 Å². The van der Waals surface area contributed by atoms with Gasteiger partial charge in [-0.25, -0.2) is 0 Å². The number of carbonyl (C=O) groups excluding carboxylic acids is 1. The molecule has 120 valence electrons. The van der Waals surface area contributed by atoms with Gasteiger partial charge in [-0.3, -0.25) is 4.79 Å². The van der Waals surface area contributed by atoms with Gasteiger partial charge in [-0.15, -0.1) is 0 Å². The van der Waals surface area contributed by atoms with Crippen LogP contribution in [-0.2, 0) is 4.79 Å². The van der Waals surface area contributed by atoms with E-state index >= 15 is 0 Å². The molecule has 0 aromatic carbocycles. The first-order chi connectivity index (χ1) is 10.1. The lowest BCUT2D eigenvalue weighted by Crippen LogP contribution is -2.59. The largest absolute Gasteiger partial charge is 0.351 e. The third kappa shape index (κ3) is 3.44. The first-order valence-electron chi connectivity index (χ1n) is 9.13. The van der Waals surface area contributed by atoms with Crippen molar-refractivity contribution in [3.8, 4) is 0 Å². The van der Waals surface area contributed by atoms with E-state index < -0.39 is 0 Å². The standard InChI is InChI=1S/C18H32N2O/c1-2-13(5-6-19)3-4-17(21)20-18-10-14-7-15(11-18)9-16(8-14)12-18/h13-16H,2-12,19H2,1H3,(H,20,21). The summed E-state index contributed by atoms with van der Waals surface area (Å²) >= 11 is 0. The molecule has 0 heterocycles. The molecule has 0 spiro atoms. The summed E-state index contributed by atoms with van der Waals surface area (Å²) in [6, 6.07) is 0. The van der Waals surface area contributed by atoms with Crippen molar-refractivity contribution >= 4 is 5.91 Å². The summed E-state index contributed by atoms with van der Waals surface area (Å²) in [5, 5.41) is 3.48. The second kappa shape index (κ2) is 6.28. The molecule has 3 nitrogen and oxygen atoms in total. The maximum Gasteiger partial charge on any atom is 0.220 e. The Hall–Kier alpha value is -0.570. The lowest BCUT2D eigenvalue weighted by atomic mass is 9.53. The van der Waals surface area contributed by atoms with Gasteiger partial charge in [0.25, 0.3) is 0 Å². The number of hydrogen-bond donors (Lipinski definition) is 2. The molecule has 4 rings (SSSR count). The van der Waals surface area contributed by atoms with Crippen molar-refractivity contribution in [1.29, 1.82) is 0 Å². The fraction of sp³-hybridized carbons (Fsp3) is 0.944. The summed E-state index contributed by atoms with van der Waals surface area (Å²) < 4.78 is 0. The maximum absolute atomic E-state index is 12.4. The van der Waals surface area contributed by atoms with E-state index in [9.17, 15) is 4.79 Å². The minimum absolute atomic E-state index is 0.182. The van der Waals surface area contributed by atoms with E-state index in [1.54, 1.807) is 0 Å². The number of hydrogen-bond acceptors (Lipinski definition) is 2. The van der Waals surface area contributed by atoms with Crippen LogP contribution in [0.25, 0.3) is 0 Å². The zero-order chi connectivity index (χ0) is 14.9. The van der Waals surface area contributed by atoms with Crippen LogP contribution in [-0.4, -0.2) is 18.0 Å². The first-order valence-corrected chi connectivity index (χ1v) is 9.13. The van der Waals surface area contributed by atoms with Gasteiger partial charge >= 0.3 is 0 Å². The van der Waals surface area contributed by atoms with Crippen molar-refractivity contribution < 1.29 is 4.79 Å². The van der Waals surface area contributed by atoms with Crippen molar-refractivity contribution in [2.45, 2.75) is 76.7 Å². The molecule has 4 fully saturated rings. The molecular formula is C18H32N2O. The Morgan fingerprint density at radius 2 is 1.71 bits per heavy atom. The summed E-state index contributed by atoms with van der Waals surface area (Å²) in [5.41, 5.74) is 5.83. The predicted molar refractivity (Wildman–Crippen MR) is 85.7 cm³/mol. The Kier molecular flexibility index (Phi) is 4.58. The minimum Gasteiger partial charge on any atom is -0.351 e. The van der Waals surface area contributed by atoms with Crippen LogP contribution < -0.4 is 11.1 Å². The molecule has 0 aliphatic heterocycles. The highest BCUT2D eigenvalue weighted by Crippen LogP contribution is 2.55. The summed E-state index contributed by atoms with van der Waals surface area (Å²) in [7, 11) is 0. The lowest BCUT2D eigenvalue weighted by Gasteiger charge is -2.57. The number of nitrogens with one attached hydrogen (secondary N) is 1. The van der Waals surface area contributed by atoms with Crippen molar-refractivity contribution in [2.75, 3.05) is 6.54 Å². The first kappa shape index (κ1) is 15.3. The molecule has 4 saturated carbocycles. The highest BCUT2D eigenvalue weighted by molar-refractivity contribution is 5.76. The van der Waals surface area contributed by atoms with Crippen LogP contribution in [0, 0.1) is 23.7 Å². The molecule has 21 heavy (non-hydrogen) atoms. The monoisotopic (exact) mass is 292 g/mol. The maximum atomic E-state index is 12.4. The average Bonchev–Trinajstić information content (AvgIpc) is 2.41. The topological polar surface area (TPSA) is 55.1 Å². The van der Waals surface area contributed by atoms with Crippen LogP contribution in [0.1, 0.15) is 71.1 Å². The SMILES string of the molecule is CCC(CCN)CCC(=O)NC12CC3CC(CC(C3)C1)C2. The van der Waals surface area contributed by atoms with E-state index in [1.165, 1.54) is 38.5 Å². The lowest BCUT2D eigenvalue weighted by molar-refractivity contribution is -0.127. The van der Waals surface area contributed by atoms with Crippen molar-refractivity contribution in [1.82, 2.24) is 5.32 Å². The van der Waals surface area contributed by atoms with E-state index in [-0.39, 0.29) is 5.54 Å². The van der Waals surface area contributed by atoms with Crippen LogP contribution in [0.3, 0.4) is 0 Å². The zero-order valence-electron chi connectivity index (χ0n) is 13.6. The van der Waals surface area contributed by atoms with Gasteiger partial charge in [0.05, 0.1) is 0 Å². The number of amides is 1. The second-order valence-corrected chi connectivity index (χ2v) is 8.14. The minimum atomic E-state index is 0.182. The molecule has 4 bridgehead atoms. The normalized spacial score (nSPS) is 38.5. The number of rotatable bonds is 7. The van der Waals surface area contributed by atoms with Crippen molar-refractivity contribution in [2.24, 2.45) is 29.4 Å². The summed E-state index contributed by atoms with van der Waals surface area (Å²) in [6.07, 6.45) is 12.0. The van der Waals surface area contributed by atoms with Crippen LogP contribution >= 0.6 is 0 Å². The Labute approximate surface area is 129 Å². The Morgan fingerprint density at radius 3 is 2.19 bits per heavy atom. The highest BCUT2D eigenvalue weighted by Gasteiger charge is 2.51. The van der Waals surface area contributed by atoms with E-state index in [0.29, 0.717) is 18.2 Å². The molecule has 0 radical (unpaired) electrons. The summed E-state index contributed by atoms with van der Waals surface area (Å²) in [4.78, 5) is 12.4. The van der Waals surface area contributed by atoms with Crippen LogP contribution in [0.15, 0.2) is 0 Å². The summed E-state index contributed by atoms with van der Waals surface area (Å²) in [5.74, 6) is 3.62. The van der Waals surface area contributed by atoms with Gasteiger partial charge in [0, 0.05) is 12.0 Å². The highest BCUT2D eigenvalue weighted by atomic mass is 16.1. The van der Waals surface area contributed by atoms with Gasteiger partial charge in [-0.05, 0) is 81.6 Å². The molecule has 4 aliphatic carbocycles. The van der Waals surface area contributed by atoms with Crippen LogP contribution in [0.2, 0.25) is 0 Å². The van der Waals surface area contributed by atoms with Crippen molar-refractivity contribution in [3.05, 3.63) is 0 Å². The van der Waals surface area contributed by atoms with Gasteiger partial charge < -0.3 is 11.1 Å². The molecule has 3 N–H and O–H groups in total. The molecule has 4 aliphatic rings. The molecule has 0 aromatic rings. The second-order valence-electron chi connectivity index (χ2n) is 8.14. The molecular weight excluding hydrogens is 260 g/mol. The van der Waals surface area contributed by atoms with E-state index in [2.05, 4.69) is 12.2 Å². The van der Waals surface area contributed by atoms with Gasteiger partial charge in [0.1, 0.15) is 0 Å². The third-order valence-corrected chi connectivity index (χ3v) is 6.37. The Balaban J connectivity index is 1.50. The van der Waals surface area contributed by atoms with Gasteiger partial charge in [-0.2, -0.15) is 0 Å². The van der Waals surface area contributed by atoms with Crippen LogP contribution in [0.4, 0.5) is 0 Å². The predicted octanol–water partition coefficient (Wildman–Crippen LogP) is 3.23. The molecule has 3 heteroatoms. The van der Waals surface area contributed by atoms with E-state index in [0.717, 1.165) is 43.6 Å². The quantitative estimate of drug-likeness (QED) is 0.757. The molecule has 0 aromatic heterocycles. The molecule has 1 atom stereocenters. The van der Waals surface area contributed by atoms with Crippen LogP contribution in [0.5, 0.6) is 0 Å². The summed E-state index contributed by atoms with van der Waals surface area (Å²) in [6.45, 7) is 2.95. The molecule has 0 saturated heterocycles. The zero-order valence-corrected chi connectivity index (χ0v) is 13.6. The van der Waals surface area contributed by atoms with E-state index in [1.807, 2.05) is 0 Å². The molecule has 1 unspecified atom stereocenters. The fourth-order valence-electron chi connectivity index (χ4n) is 5.75. The smallest absolute Gasteiger partial charge is 0.220 e. The van der Waals surface area contributed by atoms with Gasteiger partial charge in [0.15, 0.2) is 0 Å². The number of carbonyl (C=O) groups is 1. The third-order valence-electron chi connectivity index (χ3n) is 6.37. The van der Waals surface area contributed by atoms with Crippen molar-refractivity contribution in [3.63, 3.8) is 0 Å². The van der Waals surface area contributed by atoms with Gasteiger partial charge in [0.2, 0.25) is 5.91 Å². The fourth-order valence-corrected chi connectivity index (χ4v) is 5.75. The molecule has 1 amide bonds.